The molecule has 0 fully saturated rings. The van der Waals surface area contributed by atoms with Crippen molar-refractivity contribution in [2.75, 3.05) is 17.2 Å². The number of hydrogen-bond acceptors (Lipinski definition) is 6. The number of para-hydroxylation sites is 1. The average Bonchev–Trinajstić information content (AvgIpc) is 2.67. The SMILES string of the molecule is CC(C)[C@](C)(C#N)NC(=O)CNc1cc([N+](=O)[O-])ccc1Nc1ccccc1. The molecule has 0 aromatic heterocycles. The number of amides is 1. The molecule has 0 aliphatic heterocycles. The van der Waals surface area contributed by atoms with Gasteiger partial charge < -0.3 is 16.0 Å². The number of carbonyl (C=O) groups is 1. The molecule has 2 aromatic carbocycles. The molecular weight excluding hydrogens is 358 g/mol. The summed E-state index contributed by atoms with van der Waals surface area (Å²) in [7, 11) is 0. The lowest BCUT2D eigenvalue weighted by molar-refractivity contribution is -0.384. The second-order valence-electron chi connectivity index (χ2n) is 6.85. The molecule has 2 aromatic rings. The number of nitriles is 1. The van der Waals surface area contributed by atoms with Crippen LogP contribution in [0.4, 0.5) is 22.7 Å². The fourth-order valence-electron chi connectivity index (χ4n) is 2.39. The summed E-state index contributed by atoms with van der Waals surface area (Å²) < 4.78 is 0. The standard InChI is InChI=1S/C20H23N5O3/c1-14(2)20(3,13-21)24-19(26)12-22-18-11-16(25(27)28)9-10-17(18)23-15-7-5-4-6-8-15/h4-11,14,22-23H,12H2,1-3H3,(H,24,26)/t20-/m0/s1. The number of anilines is 3. The van der Waals surface area contributed by atoms with Crippen molar-refractivity contribution >= 4 is 28.7 Å². The van der Waals surface area contributed by atoms with Crippen LogP contribution in [0.25, 0.3) is 0 Å². The Morgan fingerprint density at radius 2 is 1.89 bits per heavy atom. The van der Waals surface area contributed by atoms with Crippen molar-refractivity contribution in [3.05, 3.63) is 58.6 Å². The van der Waals surface area contributed by atoms with E-state index in [0.29, 0.717) is 11.4 Å². The molecule has 8 heteroatoms. The van der Waals surface area contributed by atoms with Crippen molar-refractivity contribution in [2.24, 2.45) is 5.92 Å². The number of benzene rings is 2. The fraction of sp³-hybridized carbons (Fsp3) is 0.300. The second kappa shape index (κ2) is 8.86. The molecule has 146 valence electrons. The number of hydrogen-bond donors (Lipinski definition) is 3. The normalized spacial score (nSPS) is 12.5. The minimum Gasteiger partial charge on any atom is -0.374 e. The van der Waals surface area contributed by atoms with E-state index in [4.69, 9.17) is 0 Å². The highest BCUT2D eigenvalue weighted by molar-refractivity contribution is 5.84. The lowest BCUT2D eigenvalue weighted by Gasteiger charge is -2.27. The van der Waals surface area contributed by atoms with Gasteiger partial charge in [-0.3, -0.25) is 14.9 Å². The van der Waals surface area contributed by atoms with Crippen LogP contribution in [0.3, 0.4) is 0 Å². The van der Waals surface area contributed by atoms with Crippen LogP contribution in [0.1, 0.15) is 20.8 Å². The Morgan fingerprint density at radius 3 is 2.46 bits per heavy atom. The molecule has 0 radical (unpaired) electrons. The molecule has 0 spiro atoms. The van der Waals surface area contributed by atoms with E-state index in [1.807, 2.05) is 44.2 Å². The third-order valence-electron chi connectivity index (χ3n) is 4.49. The van der Waals surface area contributed by atoms with Gasteiger partial charge in [-0.2, -0.15) is 5.26 Å². The van der Waals surface area contributed by atoms with Crippen LogP contribution in [0.5, 0.6) is 0 Å². The Labute approximate surface area is 163 Å². The first-order chi connectivity index (χ1) is 13.2. The fourth-order valence-corrected chi connectivity index (χ4v) is 2.39. The topological polar surface area (TPSA) is 120 Å². The Kier molecular flexibility index (Phi) is 6.55. The summed E-state index contributed by atoms with van der Waals surface area (Å²) in [5, 5.41) is 29.2. The summed E-state index contributed by atoms with van der Waals surface area (Å²) in [6.07, 6.45) is 0. The zero-order valence-electron chi connectivity index (χ0n) is 16.0. The van der Waals surface area contributed by atoms with E-state index in [-0.39, 0.29) is 24.1 Å². The number of nitro groups is 1. The maximum absolute atomic E-state index is 12.3. The van der Waals surface area contributed by atoms with Gasteiger partial charge in [0.05, 0.1) is 28.9 Å². The Balaban J connectivity index is 2.18. The van der Waals surface area contributed by atoms with Gasteiger partial charge in [-0.25, -0.2) is 0 Å². The Hall–Kier alpha value is -3.60. The molecule has 0 bridgehead atoms. The minimum absolute atomic E-state index is 0.0745. The van der Waals surface area contributed by atoms with E-state index < -0.39 is 10.5 Å². The summed E-state index contributed by atoms with van der Waals surface area (Å²) in [6.45, 7) is 5.22. The van der Waals surface area contributed by atoms with Gasteiger partial charge >= 0.3 is 0 Å². The van der Waals surface area contributed by atoms with Crippen LogP contribution in [-0.2, 0) is 4.79 Å². The third-order valence-corrected chi connectivity index (χ3v) is 4.49. The zero-order valence-corrected chi connectivity index (χ0v) is 16.0. The first kappa shape index (κ1) is 20.7. The molecule has 3 N–H and O–H groups in total. The molecule has 0 saturated carbocycles. The molecular formula is C20H23N5O3. The zero-order chi connectivity index (χ0) is 20.7. The predicted molar refractivity (Wildman–Crippen MR) is 108 cm³/mol. The highest BCUT2D eigenvalue weighted by Gasteiger charge is 2.29. The molecule has 2 rings (SSSR count). The van der Waals surface area contributed by atoms with Gasteiger partial charge in [0.25, 0.3) is 5.69 Å². The van der Waals surface area contributed by atoms with Crippen LogP contribution < -0.4 is 16.0 Å². The van der Waals surface area contributed by atoms with Crippen LogP contribution in [0, 0.1) is 27.4 Å². The number of rotatable bonds is 8. The average molecular weight is 381 g/mol. The van der Waals surface area contributed by atoms with Gasteiger partial charge in [-0.05, 0) is 31.0 Å². The Morgan fingerprint density at radius 1 is 1.21 bits per heavy atom. The lowest BCUT2D eigenvalue weighted by atomic mass is 9.90. The molecule has 0 unspecified atom stereocenters. The third kappa shape index (κ3) is 5.20. The van der Waals surface area contributed by atoms with Gasteiger partial charge in [0, 0.05) is 17.8 Å². The van der Waals surface area contributed by atoms with E-state index in [1.54, 1.807) is 13.0 Å². The number of carbonyl (C=O) groups excluding carboxylic acids is 1. The van der Waals surface area contributed by atoms with E-state index >= 15 is 0 Å². The van der Waals surface area contributed by atoms with Crippen molar-refractivity contribution in [2.45, 2.75) is 26.3 Å². The molecule has 1 amide bonds. The summed E-state index contributed by atoms with van der Waals surface area (Å²) in [5.74, 6) is -0.454. The lowest BCUT2D eigenvalue weighted by Crippen LogP contribution is -2.50. The first-order valence-electron chi connectivity index (χ1n) is 8.82. The molecule has 0 heterocycles. The van der Waals surface area contributed by atoms with Gasteiger partial charge in [-0.1, -0.05) is 32.0 Å². The highest BCUT2D eigenvalue weighted by atomic mass is 16.6. The smallest absolute Gasteiger partial charge is 0.271 e. The summed E-state index contributed by atoms with van der Waals surface area (Å²) in [6, 6.07) is 15.8. The predicted octanol–water partition coefficient (Wildman–Crippen LogP) is 3.80. The Bertz CT molecular complexity index is 892. The molecule has 0 aliphatic rings. The van der Waals surface area contributed by atoms with Crippen LogP contribution in [0.15, 0.2) is 48.5 Å². The summed E-state index contributed by atoms with van der Waals surface area (Å²) in [4.78, 5) is 22.9. The molecule has 28 heavy (non-hydrogen) atoms. The van der Waals surface area contributed by atoms with Crippen molar-refractivity contribution < 1.29 is 9.72 Å². The number of nitrogens with one attached hydrogen (secondary N) is 3. The molecule has 0 aliphatic carbocycles. The van der Waals surface area contributed by atoms with E-state index in [9.17, 15) is 20.2 Å². The minimum atomic E-state index is -0.993. The maximum Gasteiger partial charge on any atom is 0.271 e. The van der Waals surface area contributed by atoms with E-state index in [1.165, 1.54) is 12.1 Å². The number of nitrogens with zero attached hydrogens (tertiary/aromatic N) is 2. The van der Waals surface area contributed by atoms with E-state index in [2.05, 4.69) is 22.0 Å². The van der Waals surface area contributed by atoms with Crippen molar-refractivity contribution in [1.82, 2.24) is 5.32 Å². The van der Waals surface area contributed by atoms with Crippen LogP contribution in [0.2, 0.25) is 0 Å². The van der Waals surface area contributed by atoms with Gasteiger partial charge in [0.15, 0.2) is 0 Å². The van der Waals surface area contributed by atoms with Crippen molar-refractivity contribution in [3.8, 4) is 6.07 Å². The molecule has 0 saturated heterocycles. The largest absolute Gasteiger partial charge is 0.374 e. The van der Waals surface area contributed by atoms with E-state index in [0.717, 1.165) is 5.69 Å². The monoisotopic (exact) mass is 381 g/mol. The molecule has 8 nitrogen and oxygen atoms in total. The van der Waals surface area contributed by atoms with Crippen molar-refractivity contribution in [1.29, 1.82) is 5.26 Å². The summed E-state index contributed by atoms with van der Waals surface area (Å²) in [5.41, 5.74) is 0.728. The van der Waals surface area contributed by atoms with Crippen LogP contribution in [-0.4, -0.2) is 22.9 Å². The summed E-state index contributed by atoms with van der Waals surface area (Å²) >= 11 is 0. The molecule has 1 atom stereocenters. The second-order valence-corrected chi connectivity index (χ2v) is 6.85. The number of nitro benzene ring substituents is 1. The quantitative estimate of drug-likeness (QED) is 0.472. The van der Waals surface area contributed by atoms with Crippen LogP contribution >= 0.6 is 0 Å². The van der Waals surface area contributed by atoms with Gasteiger partial charge in [-0.15, -0.1) is 0 Å². The van der Waals surface area contributed by atoms with Gasteiger partial charge in [0.2, 0.25) is 5.91 Å². The highest BCUT2D eigenvalue weighted by Crippen LogP contribution is 2.29. The number of non-ortho nitro benzene ring substituents is 1. The van der Waals surface area contributed by atoms with Crippen molar-refractivity contribution in [3.63, 3.8) is 0 Å². The maximum atomic E-state index is 12.3. The first-order valence-corrected chi connectivity index (χ1v) is 8.82. The van der Waals surface area contributed by atoms with Gasteiger partial charge in [0.1, 0.15) is 5.54 Å².